The van der Waals surface area contributed by atoms with E-state index in [1.165, 1.54) is 4.73 Å². The Balaban J connectivity index is 3.40. The molecule has 3 nitrogen and oxygen atoms in total. The number of pyridine rings is 1. The average Bonchev–Trinajstić information content (AvgIpc) is 2.16. The lowest BCUT2D eigenvalue weighted by Gasteiger charge is -2.14. The maximum absolute atomic E-state index is 12.0. The summed E-state index contributed by atoms with van der Waals surface area (Å²) in [4.78, 5) is 12.0. The second kappa shape index (κ2) is 5.01. The van der Waals surface area contributed by atoms with Crippen LogP contribution in [0.3, 0.4) is 0 Å². The molecule has 1 aromatic heterocycles. The molecule has 84 valence electrons. The summed E-state index contributed by atoms with van der Waals surface area (Å²) in [6.45, 7) is 8.08. The molecule has 1 heterocycles. The normalized spacial score (nSPS) is 11.1. The monoisotopic (exact) mass is 321 g/mol. The molecule has 1 rings (SSSR count). The van der Waals surface area contributed by atoms with E-state index >= 15 is 0 Å². The summed E-state index contributed by atoms with van der Waals surface area (Å²) >= 11 is 1.74. The first-order valence-electron chi connectivity index (χ1n) is 5.04. The largest absolute Gasteiger partial charge is 0.342 e. The molecule has 1 aromatic rings. The molecule has 0 atom stereocenters. The first-order chi connectivity index (χ1) is 6.99. The molecule has 0 N–H and O–H groups in total. The topological polar surface area (TPSA) is 31.2 Å². The van der Waals surface area contributed by atoms with Gasteiger partial charge in [-0.2, -0.15) is 0 Å². The van der Waals surface area contributed by atoms with Gasteiger partial charge in [-0.3, -0.25) is 4.79 Å². The second-order valence-electron chi connectivity index (χ2n) is 4.19. The van der Waals surface area contributed by atoms with Crippen LogP contribution in [0.1, 0.15) is 50.8 Å². The fourth-order valence-corrected chi connectivity index (χ4v) is 1.89. The van der Waals surface area contributed by atoms with E-state index in [-0.39, 0.29) is 17.4 Å². The minimum absolute atomic E-state index is 0.0504. The third kappa shape index (κ3) is 2.53. The van der Waals surface area contributed by atoms with Crippen molar-refractivity contribution >= 4 is 23.0 Å². The molecule has 15 heavy (non-hydrogen) atoms. The van der Waals surface area contributed by atoms with Crippen LogP contribution in [0.5, 0.6) is 0 Å². The van der Waals surface area contributed by atoms with Crippen LogP contribution in [0.25, 0.3) is 0 Å². The van der Waals surface area contributed by atoms with Crippen molar-refractivity contribution in [2.45, 2.75) is 39.5 Å². The van der Waals surface area contributed by atoms with Gasteiger partial charge in [-0.1, -0.05) is 33.8 Å². The first-order valence-corrected chi connectivity index (χ1v) is 5.92. The minimum atomic E-state index is -0.0504. The Morgan fingerprint density at radius 3 is 2.20 bits per heavy atom. The van der Waals surface area contributed by atoms with Crippen LogP contribution in [-0.4, -0.2) is 4.73 Å². The lowest BCUT2D eigenvalue weighted by molar-refractivity contribution is 0.328. The van der Waals surface area contributed by atoms with Crippen LogP contribution in [0.15, 0.2) is 16.9 Å². The number of hydrogen-bond donors (Lipinski definition) is 0. The molecule has 0 radical (unpaired) electrons. The van der Waals surface area contributed by atoms with Crippen molar-refractivity contribution in [3.63, 3.8) is 0 Å². The SMILES string of the molecule is CC(C)c1ccc(C(C)C)n(OI)c1=O. The van der Waals surface area contributed by atoms with E-state index in [1.807, 2.05) is 39.8 Å². The molecule has 0 spiro atoms. The number of nitrogens with zero attached hydrogens (tertiary/aromatic N) is 1. The molecule has 4 heteroatoms. The van der Waals surface area contributed by atoms with Gasteiger partial charge in [0.05, 0.1) is 5.69 Å². The smallest absolute Gasteiger partial charge is 0.287 e. The summed E-state index contributed by atoms with van der Waals surface area (Å²) in [5, 5.41) is 0. The van der Waals surface area contributed by atoms with Gasteiger partial charge in [0, 0.05) is 5.56 Å². The predicted molar refractivity (Wildman–Crippen MR) is 69.5 cm³/mol. The standard InChI is InChI=1S/C11H16INO2/c1-7(2)9-5-6-10(8(3)4)13(15-12)11(9)14/h5-8H,1-4H3. The summed E-state index contributed by atoms with van der Waals surface area (Å²) in [5.41, 5.74) is 1.64. The summed E-state index contributed by atoms with van der Waals surface area (Å²) in [7, 11) is 0. The lowest BCUT2D eigenvalue weighted by atomic mass is 10.0. The second-order valence-corrected chi connectivity index (χ2v) is 4.59. The van der Waals surface area contributed by atoms with Crippen molar-refractivity contribution in [2.75, 3.05) is 0 Å². The Bertz CT molecular complexity index is 396. The Morgan fingerprint density at radius 2 is 1.80 bits per heavy atom. The van der Waals surface area contributed by atoms with Crippen LogP contribution in [0, 0.1) is 0 Å². The fourth-order valence-electron chi connectivity index (χ4n) is 1.49. The van der Waals surface area contributed by atoms with Gasteiger partial charge in [0.25, 0.3) is 5.56 Å². The molecule has 0 saturated heterocycles. The van der Waals surface area contributed by atoms with Crippen LogP contribution >= 0.6 is 23.0 Å². The number of halogens is 1. The Labute approximate surface area is 104 Å². The van der Waals surface area contributed by atoms with Crippen molar-refractivity contribution < 1.29 is 3.17 Å². The highest BCUT2D eigenvalue weighted by Crippen LogP contribution is 2.16. The summed E-state index contributed by atoms with van der Waals surface area (Å²) in [6.07, 6.45) is 0. The van der Waals surface area contributed by atoms with Crippen molar-refractivity contribution in [1.29, 1.82) is 0 Å². The van der Waals surface area contributed by atoms with Crippen LogP contribution < -0.4 is 8.73 Å². The quantitative estimate of drug-likeness (QED) is 0.802. The highest BCUT2D eigenvalue weighted by atomic mass is 127. The predicted octanol–water partition coefficient (Wildman–Crippen LogP) is 2.87. The minimum Gasteiger partial charge on any atom is -0.342 e. The molecule has 0 aliphatic rings. The lowest BCUT2D eigenvalue weighted by Crippen LogP contribution is -2.29. The van der Waals surface area contributed by atoms with E-state index in [0.29, 0.717) is 0 Å². The van der Waals surface area contributed by atoms with Gasteiger partial charge in [-0.15, -0.1) is 4.73 Å². The summed E-state index contributed by atoms with van der Waals surface area (Å²) in [6, 6.07) is 3.86. The van der Waals surface area contributed by atoms with E-state index in [2.05, 4.69) is 0 Å². The Morgan fingerprint density at radius 1 is 1.20 bits per heavy atom. The molecule has 0 aliphatic carbocycles. The average molecular weight is 321 g/mol. The van der Waals surface area contributed by atoms with Crippen LogP contribution in [0.4, 0.5) is 0 Å². The molecular formula is C11H16INO2. The molecule has 0 unspecified atom stereocenters. The van der Waals surface area contributed by atoms with Gasteiger partial charge in [-0.05, 0) is 17.9 Å². The van der Waals surface area contributed by atoms with E-state index in [4.69, 9.17) is 3.17 Å². The van der Waals surface area contributed by atoms with Crippen molar-refractivity contribution in [2.24, 2.45) is 0 Å². The van der Waals surface area contributed by atoms with Gasteiger partial charge in [0.2, 0.25) is 23.0 Å². The Hall–Kier alpha value is -0.520. The van der Waals surface area contributed by atoms with Crippen molar-refractivity contribution in [3.8, 4) is 0 Å². The van der Waals surface area contributed by atoms with Crippen molar-refractivity contribution in [1.82, 2.24) is 4.73 Å². The molecule has 0 bridgehead atoms. The zero-order chi connectivity index (χ0) is 11.6. The fraction of sp³-hybridized carbons (Fsp3) is 0.545. The van der Waals surface area contributed by atoms with Crippen LogP contribution in [-0.2, 0) is 0 Å². The summed E-state index contributed by atoms with van der Waals surface area (Å²) in [5.74, 6) is 0.491. The first kappa shape index (κ1) is 12.5. The third-order valence-corrected chi connectivity index (χ3v) is 2.78. The van der Waals surface area contributed by atoms with E-state index in [9.17, 15) is 4.79 Å². The maximum Gasteiger partial charge on any atom is 0.287 e. The zero-order valence-electron chi connectivity index (χ0n) is 9.45. The Kier molecular flexibility index (Phi) is 4.19. The number of rotatable bonds is 3. The van der Waals surface area contributed by atoms with Gasteiger partial charge in [-0.25, -0.2) is 0 Å². The van der Waals surface area contributed by atoms with Gasteiger partial charge in [0.1, 0.15) is 0 Å². The van der Waals surface area contributed by atoms with E-state index < -0.39 is 0 Å². The molecule has 0 amide bonds. The highest BCUT2D eigenvalue weighted by molar-refractivity contribution is 14.1. The van der Waals surface area contributed by atoms with Crippen LogP contribution in [0.2, 0.25) is 0 Å². The maximum atomic E-state index is 12.0. The van der Waals surface area contributed by atoms with Gasteiger partial charge >= 0.3 is 0 Å². The number of aromatic nitrogens is 1. The van der Waals surface area contributed by atoms with Crippen molar-refractivity contribution in [3.05, 3.63) is 33.7 Å². The zero-order valence-corrected chi connectivity index (χ0v) is 11.6. The molecule has 0 aliphatic heterocycles. The third-order valence-electron chi connectivity index (χ3n) is 2.38. The van der Waals surface area contributed by atoms with Gasteiger partial charge in [0.15, 0.2) is 0 Å². The summed E-state index contributed by atoms with van der Waals surface area (Å²) < 4.78 is 6.48. The van der Waals surface area contributed by atoms with E-state index in [1.54, 1.807) is 23.0 Å². The molecule has 0 fully saturated rings. The number of hydrogen-bond acceptors (Lipinski definition) is 2. The molecule has 0 saturated carbocycles. The van der Waals surface area contributed by atoms with E-state index in [0.717, 1.165) is 11.3 Å². The van der Waals surface area contributed by atoms with Gasteiger partial charge < -0.3 is 3.17 Å². The molecular weight excluding hydrogens is 305 g/mol. The highest BCUT2D eigenvalue weighted by Gasteiger charge is 2.13. The molecule has 0 aromatic carbocycles.